The number of methoxy groups -OCH3 is 1. The zero-order chi connectivity index (χ0) is 21.0. The lowest BCUT2D eigenvalue weighted by molar-refractivity contribution is -0.114. The first-order valence-electron chi connectivity index (χ1n) is 9.36. The second-order valence-electron chi connectivity index (χ2n) is 6.97. The third kappa shape index (κ3) is 4.76. The molecule has 154 valence electrons. The molecule has 0 saturated carbocycles. The van der Waals surface area contributed by atoms with Gasteiger partial charge >= 0.3 is 0 Å². The summed E-state index contributed by atoms with van der Waals surface area (Å²) in [5.41, 5.74) is 1.13. The molecule has 2 amide bonds. The summed E-state index contributed by atoms with van der Waals surface area (Å²) in [7, 11) is -1.92. The number of hydrogen-bond donors (Lipinski definition) is 1. The highest BCUT2D eigenvalue weighted by Gasteiger charge is 2.33. The van der Waals surface area contributed by atoms with E-state index in [9.17, 15) is 18.0 Å². The van der Waals surface area contributed by atoms with Crippen molar-refractivity contribution in [2.45, 2.75) is 29.9 Å². The Morgan fingerprint density at radius 1 is 1.00 bits per heavy atom. The highest BCUT2D eigenvalue weighted by Crippen LogP contribution is 2.26. The van der Waals surface area contributed by atoms with Crippen LogP contribution in [0.3, 0.4) is 0 Å². The van der Waals surface area contributed by atoms with E-state index in [1.807, 2.05) is 0 Å². The molecule has 3 rings (SSSR count). The first-order chi connectivity index (χ1) is 13.8. The van der Waals surface area contributed by atoms with E-state index in [-0.39, 0.29) is 16.7 Å². The SMILES string of the molecule is COc1ccc(S(=O)(=O)C2CCN(C(=O)c3ccc(NC(C)=O)cc3)CC2)cc1. The third-order valence-corrected chi connectivity index (χ3v) is 7.29. The Kier molecular flexibility index (Phi) is 6.22. The Balaban J connectivity index is 1.63. The van der Waals surface area contributed by atoms with E-state index in [4.69, 9.17) is 4.74 Å². The van der Waals surface area contributed by atoms with Crippen LogP contribution in [0.1, 0.15) is 30.1 Å². The molecule has 0 bridgehead atoms. The molecule has 0 spiro atoms. The second-order valence-corrected chi connectivity index (χ2v) is 9.20. The number of nitrogens with one attached hydrogen (secondary N) is 1. The molecule has 0 aliphatic carbocycles. The van der Waals surface area contributed by atoms with Crippen LogP contribution >= 0.6 is 0 Å². The number of sulfone groups is 1. The number of carbonyl (C=O) groups is 2. The first kappa shape index (κ1) is 20.9. The normalized spacial score (nSPS) is 15.0. The number of piperidine rings is 1. The average molecular weight is 416 g/mol. The lowest BCUT2D eigenvalue weighted by Gasteiger charge is -2.32. The number of carbonyl (C=O) groups excluding carboxylic acids is 2. The molecule has 29 heavy (non-hydrogen) atoms. The standard InChI is InChI=1S/C21H24N2O5S/c1-15(24)22-17-5-3-16(4-6-17)21(25)23-13-11-20(12-14-23)29(26,27)19-9-7-18(28-2)8-10-19/h3-10,20H,11-14H2,1-2H3,(H,22,24). The third-order valence-electron chi connectivity index (χ3n) is 5.01. The lowest BCUT2D eigenvalue weighted by atomic mass is 10.1. The number of ether oxygens (including phenoxy) is 1. The summed E-state index contributed by atoms with van der Waals surface area (Å²) < 4.78 is 30.8. The number of benzene rings is 2. The Morgan fingerprint density at radius 2 is 1.59 bits per heavy atom. The van der Waals surface area contributed by atoms with Crippen LogP contribution in [0.15, 0.2) is 53.4 Å². The number of likely N-dealkylation sites (tertiary alicyclic amines) is 1. The molecule has 1 N–H and O–H groups in total. The Labute approximate surface area is 170 Å². The Hall–Kier alpha value is -2.87. The van der Waals surface area contributed by atoms with Gasteiger partial charge in [0.2, 0.25) is 5.91 Å². The second kappa shape index (κ2) is 8.65. The molecule has 7 nitrogen and oxygen atoms in total. The quantitative estimate of drug-likeness (QED) is 0.809. The van der Waals surface area contributed by atoms with Crippen molar-refractivity contribution in [2.24, 2.45) is 0 Å². The Bertz CT molecular complexity index is 977. The molecule has 1 aliphatic rings. The maximum absolute atomic E-state index is 12.9. The van der Waals surface area contributed by atoms with E-state index >= 15 is 0 Å². The fraction of sp³-hybridized carbons (Fsp3) is 0.333. The molecule has 2 aromatic carbocycles. The minimum absolute atomic E-state index is 0.139. The molecular formula is C21H24N2O5S. The van der Waals surface area contributed by atoms with Gasteiger partial charge in [-0.15, -0.1) is 0 Å². The lowest BCUT2D eigenvalue weighted by Crippen LogP contribution is -2.42. The van der Waals surface area contributed by atoms with Gasteiger partial charge in [0.15, 0.2) is 9.84 Å². The molecule has 0 radical (unpaired) electrons. The van der Waals surface area contributed by atoms with E-state index in [0.29, 0.717) is 42.9 Å². The van der Waals surface area contributed by atoms with Crippen molar-refractivity contribution in [3.63, 3.8) is 0 Å². The molecule has 2 aromatic rings. The van der Waals surface area contributed by atoms with E-state index in [1.54, 1.807) is 53.4 Å². The van der Waals surface area contributed by atoms with Crippen molar-refractivity contribution in [3.05, 3.63) is 54.1 Å². The maximum atomic E-state index is 12.9. The van der Waals surface area contributed by atoms with Gasteiger partial charge in [0.25, 0.3) is 5.91 Å². The summed E-state index contributed by atoms with van der Waals surface area (Å²) in [5, 5.41) is 2.15. The van der Waals surface area contributed by atoms with Gasteiger partial charge in [-0.1, -0.05) is 0 Å². The average Bonchev–Trinajstić information content (AvgIpc) is 2.73. The fourth-order valence-electron chi connectivity index (χ4n) is 3.41. The molecule has 0 aromatic heterocycles. The number of rotatable bonds is 5. The summed E-state index contributed by atoms with van der Waals surface area (Å²) in [5.74, 6) is 0.290. The van der Waals surface area contributed by atoms with E-state index in [2.05, 4.69) is 5.32 Å². The molecule has 1 heterocycles. The molecule has 1 aliphatic heterocycles. The van der Waals surface area contributed by atoms with Gasteiger partial charge in [-0.25, -0.2) is 8.42 Å². The number of amides is 2. The summed E-state index contributed by atoms with van der Waals surface area (Å²) in [4.78, 5) is 25.7. The van der Waals surface area contributed by atoms with Crippen molar-refractivity contribution in [1.29, 1.82) is 0 Å². The summed E-state index contributed by atoms with van der Waals surface area (Å²) in [6.07, 6.45) is 0.786. The number of nitrogens with zero attached hydrogens (tertiary/aromatic N) is 1. The van der Waals surface area contributed by atoms with Gasteiger partial charge in [-0.05, 0) is 61.4 Å². The summed E-state index contributed by atoms with van der Waals surface area (Å²) in [6, 6.07) is 13.1. The van der Waals surface area contributed by atoms with Crippen LogP contribution in [0.2, 0.25) is 0 Å². The van der Waals surface area contributed by atoms with Crippen LogP contribution < -0.4 is 10.1 Å². The molecule has 1 fully saturated rings. The van der Waals surface area contributed by atoms with Crippen molar-refractivity contribution in [2.75, 3.05) is 25.5 Å². The molecule has 8 heteroatoms. The predicted molar refractivity (Wildman–Crippen MR) is 110 cm³/mol. The van der Waals surface area contributed by atoms with Crippen LogP contribution in [0.4, 0.5) is 5.69 Å². The summed E-state index contributed by atoms with van der Waals surface area (Å²) >= 11 is 0. The molecule has 0 unspecified atom stereocenters. The minimum Gasteiger partial charge on any atom is -0.497 e. The Morgan fingerprint density at radius 3 is 2.10 bits per heavy atom. The van der Waals surface area contributed by atoms with Gasteiger partial charge in [-0.2, -0.15) is 0 Å². The van der Waals surface area contributed by atoms with Crippen molar-refractivity contribution in [1.82, 2.24) is 4.90 Å². The van der Waals surface area contributed by atoms with Gasteiger partial charge in [0.05, 0.1) is 17.3 Å². The summed E-state index contributed by atoms with van der Waals surface area (Å²) in [6.45, 7) is 2.18. The monoisotopic (exact) mass is 416 g/mol. The topological polar surface area (TPSA) is 92.8 Å². The molecule has 1 saturated heterocycles. The highest BCUT2D eigenvalue weighted by atomic mass is 32.2. The van der Waals surface area contributed by atoms with Crippen LogP contribution in [-0.2, 0) is 14.6 Å². The van der Waals surface area contributed by atoms with Crippen LogP contribution in [0, 0.1) is 0 Å². The van der Waals surface area contributed by atoms with Crippen molar-refractivity contribution in [3.8, 4) is 5.75 Å². The molecular weight excluding hydrogens is 392 g/mol. The largest absolute Gasteiger partial charge is 0.497 e. The number of anilines is 1. The fourth-order valence-corrected chi connectivity index (χ4v) is 5.14. The van der Waals surface area contributed by atoms with Crippen LogP contribution in [0.5, 0.6) is 5.75 Å². The zero-order valence-corrected chi connectivity index (χ0v) is 17.2. The van der Waals surface area contributed by atoms with Gasteiger partial charge in [0, 0.05) is 31.3 Å². The van der Waals surface area contributed by atoms with Crippen molar-refractivity contribution >= 4 is 27.3 Å². The predicted octanol–water partition coefficient (Wildman–Crippen LogP) is 2.73. The van der Waals surface area contributed by atoms with Crippen LogP contribution in [-0.4, -0.2) is 50.6 Å². The molecule has 0 atom stereocenters. The highest BCUT2D eigenvalue weighted by molar-refractivity contribution is 7.92. The van der Waals surface area contributed by atoms with Gasteiger partial charge in [-0.3, -0.25) is 9.59 Å². The maximum Gasteiger partial charge on any atom is 0.253 e. The van der Waals surface area contributed by atoms with E-state index < -0.39 is 15.1 Å². The number of hydrogen-bond acceptors (Lipinski definition) is 5. The minimum atomic E-state index is -3.45. The van der Waals surface area contributed by atoms with E-state index in [1.165, 1.54) is 14.0 Å². The first-order valence-corrected chi connectivity index (χ1v) is 10.9. The van der Waals surface area contributed by atoms with E-state index in [0.717, 1.165) is 0 Å². The van der Waals surface area contributed by atoms with Crippen molar-refractivity contribution < 1.29 is 22.7 Å². The van der Waals surface area contributed by atoms with Crippen LogP contribution in [0.25, 0.3) is 0 Å². The smallest absolute Gasteiger partial charge is 0.253 e. The van der Waals surface area contributed by atoms with Gasteiger partial charge < -0.3 is 15.0 Å². The van der Waals surface area contributed by atoms with Gasteiger partial charge in [0.1, 0.15) is 5.75 Å². The zero-order valence-electron chi connectivity index (χ0n) is 16.4.